The van der Waals surface area contributed by atoms with Crippen molar-refractivity contribution in [1.29, 1.82) is 0 Å². The Kier molecular flexibility index (Phi) is 2.13. The van der Waals surface area contributed by atoms with E-state index in [0.717, 1.165) is 0 Å². The molecule has 0 spiro atoms. The first kappa shape index (κ1) is 9.47. The van der Waals surface area contributed by atoms with Crippen LogP contribution in [0, 0.1) is 12.3 Å². The molecule has 0 aromatic carbocycles. The van der Waals surface area contributed by atoms with Gasteiger partial charge in [-0.1, -0.05) is 0 Å². The van der Waals surface area contributed by atoms with Crippen molar-refractivity contribution in [3.63, 3.8) is 0 Å². The monoisotopic (exact) mass is 174 g/mol. The topological polar surface area (TPSA) is 0 Å². The van der Waals surface area contributed by atoms with Crippen molar-refractivity contribution in [2.24, 2.45) is 0 Å². The van der Waals surface area contributed by atoms with Crippen LogP contribution in [0.4, 0.5) is 8.78 Å². The molecule has 0 N–H and O–H groups in total. The predicted molar refractivity (Wildman–Crippen MR) is 43.8 cm³/mol. The second kappa shape index (κ2) is 2.70. The van der Waals surface area contributed by atoms with Crippen LogP contribution in [-0.2, 0) is 0 Å². The Morgan fingerprint density at radius 2 is 2.17 bits per heavy atom. The molecule has 1 aliphatic rings. The molecule has 1 rings (SSSR count). The molecular weight excluding hydrogens is 160 g/mol. The molecule has 0 bridgehead atoms. The average molecular weight is 174 g/mol. The van der Waals surface area contributed by atoms with Crippen LogP contribution in [0.1, 0.15) is 12.8 Å². The molecule has 1 nitrogen and oxygen atoms in total. The summed E-state index contributed by atoms with van der Waals surface area (Å²) in [5, 5.41) is 0. The largest absolute Gasteiger partial charge is 0.311 e. The summed E-state index contributed by atoms with van der Waals surface area (Å²) in [4.78, 5) is 0. The zero-order valence-corrected chi connectivity index (χ0v) is 7.48. The lowest BCUT2D eigenvalue weighted by molar-refractivity contribution is -0.924. The summed E-state index contributed by atoms with van der Waals surface area (Å²) in [6, 6.07) is -0.575. The third-order valence-electron chi connectivity index (χ3n) is 2.58. The van der Waals surface area contributed by atoms with Crippen LogP contribution in [0.3, 0.4) is 0 Å². The van der Waals surface area contributed by atoms with Crippen molar-refractivity contribution in [1.82, 2.24) is 0 Å². The number of quaternary nitrogens is 1. The molecule has 1 fully saturated rings. The number of nitrogens with zero attached hydrogens (tertiary/aromatic N) is 1. The molecular formula is C9H14F2N+. The lowest BCUT2D eigenvalue weighted by Gasteiger charge is -2.46. The van der Waals surface area contributed by atoms with Gasteiger partial charge in [0, 0.05) is 12.8 Å². The molecule has 0 radical (unpaired) electrons. The van der Waals surface area contributed by atoms with E-state index in [1.54, 1.807) is 14.1 Å². The first-order valence-corrected chi connectivity index (χ1v) is 4.04. The van der Waals surface area contributed by atoms with E-state index in [-0.39, 0.29) is 10.9 Å². The number of halogens is 2. The van der Waals surface area contributed by atoms with Crippen molar-refractivity contribution in [2.75, 3.05) is 20.6 Å². The first-order chi connectivity index (χ1) is 5.40. The number of hydrogen-bond acceptors (Lipinski definition) is 0. The maximum atomic E-state index is 12.9. The average Bonchev–Trinajstić information content (AvgIpc) is 1.84. The van der Waals surface area contributed by atoms with E-state index >= 15 is 0 Å². The predicted octanol–water partition coefficient (Wildman–Crippen LogP) is 1.49. The lowest BCUT2D eigenvalue weighted by Crippen LogP contribution is -2.63. The highest BCUT2D eigenvalue weighted by molar-refractivity contribution is 4.92. The molecule has 3 heteroatoms. The van der Waals surface area contributed by atoms with Gasteiger partial charge in [-0.3, -0.25) is 0 Å². The van der Waals surface area contributed by atoms with Crippen LogP contribution in [-0.4, -0.2) is 37.1 Å². The van der Waals surface area contributed by atoms with Gasteiger partial charge in [0.2, 0.25) is 0 Å². The van der Waals surface area contributed by atoms with E-state index in [1.165, 1.54) is 0 Å². The molecule has 0 aromatic rings. The van der Waals surface area contributed by atoms with E-state index in [1.807, 2.05) is 0 Å². The van der Waals surface area contributed by atoms with Gasteiger partial charge in [0.05, 0.1) is 14.1 Å². The molecule has 1 atom stereocenters. The van der Waals surface area contributed by atoms with Crippen molar-refractivity contribution in [2.45, 2.75) is 24.8 Å². The van der Waals surface area contributed by atoms with Crippen molar-refractivity contribution >= 4 is 0 Å². The highest BCUT2D eigenvalue weighted by Crippen LogP contribution is 2.42. The summed E-state index contributed by atoms with van der Waals surface area (Å²) in [5.41, 5.74) is 0. The van der Waals surface area contributed by atoms with Gasteiger partial charge < -0.3 is 4.48 Å². The Morgan fingerprint density at radius 1 is 1.58 bits per heavy atom. The van der Waals surface area contributed by atoms with Crippen LogP contribution in [0.5, 0.6) is 0 Å². The van der Waals surface area contributed by atoms with E-state index in [9.17, 15) is 8.78 Å². The third-order valence-corrected chi connectivity index (χ3v) is 2.58. The van der Waals surface area contributed by atoms with Crippen molar-refractivity contribution in [3.05, 3.63) is 0 Å². The quantitative estimate of drug-likeness (QED) is 0.439. The molecule has 1 aliphatic carbocycles. The zero-order valence-electron chi connectivity index (χ0n) is 7.48. The fourth-order valence-electron chi connectivity index (χ4n) is 1.70. The standard InChI is InChI=1S/C9H14F2N/c1-4-7-12(2,3)8-5-6-9(8,10)11/h1,8H,5-7H2,2-3H3/q+1. The zero-order chi connectivity index (χ0) is 9.41. The Bertz CT molecular complexity index is 215. The minimum atomic E-state index is -2.50. The Balaban J connectivity index is 2.65. The second-order valence-electron chi connectivity index (χ2n) is 3.96. The fourth-order valence-corrected chi connectivity index (χ4v) is 1.70. The van der Waals surface area contributed by atoms with Crippen LogP contribution < -0.4 is 0 Å². The SMILES string of the molecule is C#CC[N+](C)(C)C1CCC1(F)F. The minimum absolute atomic E-state index is 0.0178. The molecule has 0 heterocycles. The molecule has 0 saturated heterocycles. The molecule has 1 saturated carbocycles. The smallest absolute Gasteiger partial charge is 0.298 e. The summed E-state index contributed by atoms with van der Waals surface area (Å²) >= 11 is 0. The second-order valence-corrected chi connectivity index (χ2v) is 3.96. The number of alkyl halides is 2. The van der Waals surface area contributed by atoms with Gasteiger partial charge in [0.1, 0.15) is 6.54 Å². The maximum Gasteiger partial charge on any atom is 0.298 e. The van der Waals surface area contributed by atoms with Gasteiger partial charge in [-0.2, -0.15) is 0 Å². The van der Waals surface area contributed by atoms with Gasteiger partial charge >= 0.3 is 0 Å². The summed E-state index contributed by atoms with van der Waals surface area (Å²) in [6.07, 6.45) is 5.71. The van der Waals surface area contributed by atoms with Crippen molar-refractivity contribution < 1.29 is 13.3 Å². The Hall–Kier alpha value is -0.620. The molecule has 68 valence electrons. The van der Waals surface area contributed by atoms with Crippen LogP contribution in [0.2, 0.25) is 0 Å². The van der Waals surface area contributed by atoms with Crippen molar-refractivity contribution in [3.8, 4) is 12.3 Å². The van der Waals surface area contributed by atoms with E-state index < -0.39 is 12.0 Å². The molecule has 0 aliphatic heterocycles. The fraction of sp³-hybridized carbons (Fsp3) is 0.778. The van der Waals surface area contributed by atoms with Gasteiger partial charge in [0.25, 0.3) is 5.92 Å². The summed E-state index contributed by atoms with van der Waals surface area (Å²) < 4.78 is 26.1. The van der Waals surface area contributed by atoms with E-state index in [4.69, 9.17) is 6.42 Å². The van der Waals surface area contributed by atoms with E-state index in [2.05, 4.69) is 5.92 Å². The number of rotatable bonds is 2. The van der Waals surface area contributed by atoms with Gasteiger partial charge in [0.15, 0.2) is 6.04 Å². The van der Waals surface area contributed by atoms with Gasteiger partial charge in [-0.15, -0.1) is 6.42 Å². The maximum absolute atomic E-state index is 12.9. The lowest BCUT2D eigenvalue weighted by atomic mass is 9.85. The van der Waals surface area contributed by atoms with Gasteiger partial charge in [-0.25, -0.2) is 8.78 Å². The molecule has 0 amide bonds. The highest BCUT2D eigenvalue weighted by atomic mass is 19.3. The summed E-state index contributed by atoms with van der Waals surface area (Å²) in [5.74, 6) is -0.0659. The van der Waals surface area contributed by atoms with Gasteiger partial charge in [-0.05, 0) is 5.92 Å². The minimum Gasteiger partial charge on any atom is -0.311 e. The molecule has 1 unspecified atom stereocenters. The van der Waals surface area contributed by atoms with Crippen LogP contribution in [0.25, 0.3) is 0 Å². The number of terminal acetylenes is 1. The summed E-state index contributed by atoms with van der Waals surface area (Å²) in [6.45, 7) is 0.375. The summed E-state index contributed by atoms with van der Waals surface area (Å²) in [7, 11) is 3.52. The number of hydrogen-bond donors (Lipinski definition) is 0. The molecule has 0 aromatic heterocycles. The van der Waals surface area contributed by atoms with Crippen LogP contribution in [0.15, 0.2) is 0 Å². The molecule has 12 heavy (non-hydrogen) atoms. The Morgan fingerprint density at radius 3 is 2.42 bits per heavy atom. The Labute approximate surface area is 72.0 Å². The normalized spacial score (nSPS) is 27.4. The highest BCUT2D eigenvalue weighted by Gasteiger charge is 2.57. The third kappa shape index (κ3) is 1.44. The first-order valence-electron chi connectivity index (χ1n) is 4.04. The van der Waals surface area contributed by atoms with Crippen LogP contribution >= 0.6 is 0 Å². The van der Waals surface area contributed by atoms with E-state index in [0.29, 0.717) is 13.0 Å².